The van der Waals surface area contributed by atoms with Crippen LogP contribution in [0.5, 0.6) is 0 Å². The molecule has 2 unspecified atom stereocenters. The molecule has 3 nitrogen and oxygen atoms in total. The Hall–Kier alpha value is -0.350. The quantitative estimate of drug-likeness (QED) is 0.835. The fourth-order valence-corrected chi connectivity index (χ4v) is 3.07. The molecule has 18 heavy (non-hydrogen) atoms. The highest BCUT2D eigenvalue weighted by Crippen LogP contribution is 2.25. The van der Waals surface area contributed by atoms with Crippen LogP contribution < -0.4 is 5.32 Å². The zero-order valence-corrected chi connectivity index (χ0v) is 13.8. The van der Waals surface area contributed by atoms with Crippen molar-refractivity contribution in [2.75, 3.05) is 7.05 Å². The minimum absolute atomic E-state index is 0.572. The number of aryl methyl sites for hydroxylation is 2. The highest BCUT2D eigenvalue weighted by Gasteiger charge is 2.17. The van der Waals surface area contributed by atoms with E-state index in [1.807, 2.05) is 7.05 Å². The van der Waals surface area contributed by atoms with Crippen molar-refractivity contribution in [2.24, 2.45) is 5.92 Å². The molecule has 0 radical (unpaired) electrons. The summed E-state index contributed by atoms with van der Waals surface area (Å²) in [6.07, 6.45) is 3.27. The number of halogens is 1. The summed E-state index contributed by atoms with van der Waals surface area (Å²) < 4.78 is 3.36. The summed E-state index contributed by atoms with van der Waals surface area (Å²) in [5, 5.41) is 7.96. The summed E-state index contributed by atoms with van der Waals surface area (Å²) in [6, 6.07) is 0.572. The van der Waals surface area contributed by atoms with Crippen LogP contribution in [0, 0.1) is 5.92 Å². The first-order valence-corrected chi connectivity index (χ1v) is 7.73. The molecule has 0 aliphatic rings. The minimum Gasteiger partial charge on any atom is -0.317 e. The van der Waals surface area contributed by atoms with Crippen LogP contribution in [-0.2, 0) is 19.4 Å². The molecule has 1 rings (SSSR count). The monoisotopic (exact) mass is 315 g/mol. The van der Waals surface area contributed by atoms with Gasteiger partial charge in [-0.25, -0.2) is 0 Å². The van der Waals surface area contributed by atoms with Crippen molar-refractivity contribution >= 4 is 15.9 Å². The molecule has 0 bridgehead atoms. The summed E-state index contributed by atoms with van der Waals surface area (Å²) >= 11 is 3.72. The Morgan fingerprint density at radius 1 is 1.33 bits per heavy atom. The van der Waals surface area contributed by atoms with Crippen LogP contribution in [0.1, 0.15) is 45.5 Å². The molecular weight excluding hydrogens is 290 g/mol. The Balaban J connectivity index is 2.79. The molecule has 0 saturated heterocycles. The molecule has 0 aliphatic carbocycles. The summed E-state index contributed by atoms with van der Waals surface area (Å²) in [4.78, 5) is 0. The van der Waals surface area contributed by atoms with Gasteiger partial charge in [-0.3, -0.25) is 4.68 Å². The van der Waals surface area contributed by atoms with Crippen LogP contribution in [0.25, 0.3) is 0 Å². The van der Waals surface area contributed by atoms with Gasteiger partial charge in [0.1, 0.15) is 0 Å². The maximum absolute atomic E-state index is 4.65. The molecule has 0 fully saturated rings. The van der Waals surface area contributed by atoms with Gasteiger partial charge in [-0.2, -0.15) is 5.10 Å². The van der Waals surface area contributed by atoms with Gasteiger partial charge in [0.15, 0.2) is 0 Å². The Labute approximate surface area is 119 Å². The average molecular weight is 316 g/mol. The summed E-state index contributed by atoms with van der Waals surface area (Å²) in [6.45, 7) is 9.81. The molecule has 1 aromatic rings. The molecule has 0 saturated carbocycles. The lowest BCUT2D eigenvalue weighted by molar-refractivity contribution is 0.427. The molecular formula is C14H26BrN3. The van der Waals surface area contributed by atoms with E-state index < -0.39 is 0 Å². The number of hydrogen-bond donors (Lipinski definition) is 1. The highest BCUT2D eigenvalue weighted by atomic mass is 79.9. The van der Waals surface area contributed by atoms with Gasteiger partial charge < -0.3 is 5.32 Å². The van der Waals surface area contributed by atoms with Gasteiger partial charge in [0.2, 0.25) is 0 Å². The molecule has 1 heterocycles. The Morgan fingerprint density at radius 3 is 2.50 bits per heavy atom. The molecule has 0 spiro atoms. The first-order valence-electron chi connectivity index (χ1n) is 6.94. The predicted molar refractivity (Wildman–Crippen MR) is 81.0 cm³/mol. The van der Waals surface area contributed by atoms with Crippen LogP contribution in [0.2, 0.25) is 0 Å². The van der Waals surface area contributed by atoms with Crippen molar-refractivity contribution in [1.82, 2.24) is 15.1 Å². The Morgan fingerprint density at radius 2 is 2.00 bits per heavy atom. The first kappa shape index (κ1) is 15.7. The lowest BCUT2D eigenvalue weighted by Gasteiger charge is -2.17. The molecule has 1 aromatic heterocycles. The fraction of sp³-hybridized carbons (Fsp3) is 0.786. The van der Waals surface area contributed by atoms with Gasteiger partial charge in [0.25, 0.3) is 0 Å². The smallest absolute Gasteiger partial charge is 0.0766 e. The second-order valence-corrected chi connectivity index (χ2v) is 5.90. The average Bonchev–Trinajstić information content (AvgIpc) is 2.66. The van der Waals surface area contributed by atoms with Gasteiger partial charge >= 0.3 is 0 Å². The van der Waals surface area contributed by atoms with E-state index in [9.17, 15) is 0 Å². The second-order valence-electron chi connectivity index (χ2n) is 5.11. The molecule has 0 aromatic carbocycles. The van der Waals surface area contributed by atoms with Crippen molar-refractivity contribution in [2.45, 2.75) is 59.5 Å². The van der Waals surface area contributed by atoms with Gasteiger partial charge in [-0.1, -0.05) is 13.8 Å². The van der Waals surface area contributed by atoms with Gasteiger partial charge in [0, 0.05) is 12.6 Å². The molecule has 0 amide bonds. The topological polar surface area (TPSA) is 29.9 Å². The van der Waals surface area contributed by atoms with Gasteiger partial charge in [-0.05, 0) is 62.0 Å². The molecule has 1 N–H and O–H groups in total. The van der Waals surface area contributed by atoms with E-state index >= 15 is 0 Å². The van der Waals surface area contributed by atoms with Gasteiger partial charge in [-0.15, -0.1) is 0 Å². The molecule has 4 heteroatoms. The van der Waals surface area contributed by atoms with E-state index in [1.165, 1.54) is 22.3 Å². The van der Waals surface area contributed by atoms with Gasteiger partial charge in [0.05, 0.1) is 15.9 Å². The SMILES string of the molecule is CCc1nn(CC)c(CC(C)CC(C)NC)c1Br. The van der Waals surface area contributed by atoms with Crippen molar-refractivity contribution < 1.29 is 0 Å². The number of nitrogens with zero attached hydrogens (tertiary/aromatic N) is 2. The van der Waals surface area contributed by atoms with Crippen LogP contribution in [0.15, 0.2) is 4.47 Å². The largest absolute Gasteiger partial charge is 0.317 e. The lowest BCUT2D eigenvalue weighted by Crippen LogP contribution is -2.24. The van der Waals surface area contributed by atoms with Crippen molar-refractivity contribution in [1.29, 1.82) is 0 Å². The van der Waals surface area contributed by atoms with Crippen molar-refractivity contribution in [3.8, 4) is 0 Å². The van der Waals surface area contributed by atoms with Crippen molar-refractivity contribution in [3.63, 3.8) is 0 Å². The maximum Gasteiger partial charge on any atom is 0.0766 e. The first-order chi connectivity index (χ1) is 8.53. The highest BCUT2D eigenvalue weighted by molar-refractivity contribution is 9.10. The summed E-state index contributed by atoms with van der Waals surface area (Å²) in [5.74, 6) is 0.662. The van der Waals surface area contributed by atoms with E-state index in [0.717, 1.165) is 19.4 Å². The van der Waals surface area contributed by atoms with E-state index in [4.69, 9.17) is 0 Å². The van der Waals surface area contributed by atoms with E-state index in [2.05, 4.69) is 58.7 Å². The van der Waals surface area contributed by atoms with Crippen LogP contribution >= 0.6 is 15.9 Å². The molecule has 104 valence electrons. The van der Waals surface area contributed by atoms with Crippen LogP contribution in [-0.4, -0.2) is 22.9 Å². The van der Waals surface area contributed by atoms with E-state index in [-0.39, 0.29) is 0 Å². The number of aromatic nitrogens is 2. The second kappa shape index (κ2) is 7.29. The van der Waals surface area contributed by atoms with Crippen LogP contribution in [0.3, 0.4) is 0 Å². The standard InChI is InChI=1S/C14H26BrN3/c1-6-12-14(15)13(18(7-2)17-12)9-10(3)8-11(4)16-5/h10-11,16H,6-9H2,1-5H3. The van der Waals surface area contributed by atoms with E-state index in [1.54, 1.807) is 0 Å². The van der Waals surface area contributed by atoms with Crippen LogP contribution in [0.4, 0.5) is 0 Å². The van der Waals surface area contributed by atoms with E-state index in [0.29, 0.717) is 12.0 Å². The fourth-order valence-electron chi connectivity index (χ4n) is 2.35. The maximum atomic E-state index is 4.65. The minimum atomic E-state index is 0.572. The molecule has 2 atom stereocenters. The lowest BCUT2D eigenvalue weighted by atomic mass is 9.97. The number of nitrogens with one attached hydrogen (secondary N) is 1. The Kier molecular flexibility index (Phi) is 6.36. The number of rotatable bonds is 7. The summed E-state index contributed by atoms with van der Waals surface area (Å²) in [5.41, 5.74) is 2.53. The molecule has 0 aliphatic heterocycles. The third-order valence-corrected chi connectivity index (χ3v) is 4.40. The number of hydrogen-bond acceptors (Lipinski definition) is 2. The normalized spacial score (nSPS) is 14.8. The zero-order chi connectivity index (χ0) is 13.7. The van der Waals surface area contributed by atoms with Crippen molar-refractivity contribution in [3.05, 3.63) is 15.9 Å². The predicted octanol–water partition coefficient (Wildman–Crippen LogP) is 3.40. The zero-order valence-electron chi connectivity index (χ0n) is 12.3. The third-order valence-electron chi connectivity index (χ3n) is 3.48. The third kappa shape index (κ3) is 3.82. The summed E-state index contributed by atoms with van der Waals surface area (Å²) in [7, 11) is 2.03. The Bertz CT molecular complexity index is 373.